The molecule has 0 radical (unpaired) electrons. The highest BCUT2D eigenvalue weighted by molar-refractivity contribution is 5.98. The minimum atomic E-state index is -0.359. The summed E-state index contributed by atoms with van der Waals surface area (Å²) in [5.41, 5.74) is 4.05. The van der Waals surface area contributed by atoms with Crippen LogP contribution in [0, 0.1) is 13.8 Å². The van der Waals surface area contributed by atoms with E-state index in [1.165, 1.54) is 25.3 Å². The first-order chi connectivity index (χ1) is 15.5. The number of hydrogen-bond donors (Lipinski definition) is 1. The van der Waals surface area contributed by atoms with Gasteiger partial charge >= 0.3 is 5.97 Å². The molecular weight excluding hydrogens is 404 g/mol. The predicted molar refractivity (Wildman–Crippen MR) is 127 cm³/mol. The molecule has 0 unspecified atom stereocenters. The van der Waals surface area contributed by atoms with E-state index in [9.17, 15) is 9.59 Å². The molecule has 1 N–H and O–H groups in total. The van der Waals surface area contributed by atoms with E-state index in [4.69, 9.17) is 4.74 Å². The van der Waals surface area contributed by atoms with E-state index in [0.29, 0.717) is 18.7 Å². The third kappa shape index (κ3) is 5.21. The molecular formula is C25H34N4O3. The summed E-state index contributed by atoms with van der Waals surface area (Å²) in [6, 6.07) is 3.91. The summed E-state index contributed by atoms with van der Waals surface area (Å²) in [4.78, 5) is 32.0. The van der Waals surface area contributed by atoms with Crippen LogP contribution in [-0.4, -0.2) is 41.1 Å². The Bertz CT molecular complexity index is 987. The van der Waals surface area contributed by atoms with E-state index in [0.717, 1.165) is 48.0 Å². The molecule has 0 aliphatic carbocycles. The summed E-state index contributed by atoms with van der Waals surface area (Å²) in [6.45, 7) is 11.1. The Morgan fingerprint density at radius 1 is 1.16 bits per heavy atom. The number of amides is 1. The molecule has 3 rings (SSSR count). The molecule has 0 atom stereocenters. The Hall–Kier alpha value is -3.09. The van der Waals surface area contributed by atoms with Crippen LogP contribution in [-0.2, 0) is 22.6 Å². The van der Waals surface area contributed by atoms with E-state index in [-0.39, 0.29) is 11.9 Å². The number of rotatable bonds is 8. The van der Waals surface area contributed by atoms with E-state index in [1.54, 1.807) is 19.2 Å². The number of ether oxygens (including phenoxy) is 1. The lowest BCUT2D eigenvalue weighted by molar-refractivity contribution is -0.116. The highest BCUT2D eigenvalue weighted by Gasteiger charge is 2.22. The molecule has 32 heavy (non-hydrogen) atoms. The van der Waals surface area contributed by atoms with Crippen LogP contribution in [0.2, 0.25) is 0 Å². The normalized spacial score (nSPS) is 14.1. The smallest absolute Gasteiger partial charge is 0.340 e. The van der Waals surface area contributed by atoms with Gasteiger partial charge in [0, 0.05) is 61.0 Å². The highest BCUT2D eigenvalue weighted by atomic mass is 16.5. The lowest BCUT2D eigenvalue weighted by Crippen LogP contribution is -2.32. The first-order valence-electron chi connectivity index (χ1n) is 11.5. The van der Waals surface area contributed by atoms with E-state index in [2.05, 4.69) is 19.8 Å². The van der Waals surface area contributed by atoms with Crippen LogP contribution < -0.4 is 10.2 Å². The first kappa shape index (κ1) is 23.6. The van der Waals surface area contributed by atoms with Gasteiger partial charge in [0.05, 0.1) is 12.2 Å². The Morgan fingerprint density at radius 3 is 2.59 bits per heavy atom. The van der Waals surface area contributed by atoms with Gasteiger partial charge in [-0.25, -0.2) is 9.78 Å². The standard InChI is InChI=1S/C25H34N4O3/c1-5-29-18(3)21(23(19(29)4)25(31)32-6-2)12-13-22(30)27-17-20-11-10-14-26-24(20)28-15-8-7-9-16-28/h10-14H,5-9,15-17H2,1-4H3,(H,27,30)/b13-12+. The fourth-order valence-electron chi connectivity index (χ4n) is 4.41. The predicted octanol–water partition coefficient (Wildman–Crippen LogP) is 4.02. The average Bonchev–Trinajstić information content (AvgIpc) is 3.05. The van der Waals surface area contributed by atoms with Crippen molar-refractivity contribution in [2.75, 3.05) is 24.6 Å². The number of nitrogens with one attached hydrogen (secondary N) is 1. The quantitative estimate of drug-likeness (QED) is 0.498. The summed E-state index contributed by atoms with van der Waals surface area (Å²) in [7, 11) is 0. The van der Waals surface area contributed by atoms with Crippen LogP contribution in [0.1, 0.15) is 66.0 Å². The second kappa shape index (κ2) is 11.0. The zero-order chi connectivity index (χ0) is 23.1. The van der Waals surface area contributed by atoms with Crippen molar-refractivity contribution in [3.05, 3.63) is 52.5 Å². The van der Waals surface area contributed by atoms with Gasteiger partial charge in [0.15, 0.2) is 0 Å². The molecule has 1 saturated heterocycles. The van der Waals surface area contributed by atoms with Crippen molar-refractivity contribution >= 4 is 23.8 Å². The molecule has 2 aromatic heterocycles. The lowest BCUT2D eigenvalue weighted by Gasteiger charge is -2.29. The van der Waals surface area contributed by atoms with Crippen molar-refractivity contribution in [1.82, 2.24) is 14.9 Å². The number of esters is 1. The Labute approximate surface area is 190 Å². The number of pyridine rings is 1. The molecule has 7 nitrogen and oxygen atoms in total. The third-order valence-corrected chi connectivity index (χ3v) is 6.00. The number of piperidine rings is 1. The number of aromatic nitrogens is 2. The summed E-state index contributed by atoms with van der Waals surface area (Å²) >= 11 is 0. The maximum absolute atomic E-state index is 12.6. The molecule has 0 bridgehead atoms. The fraction of sp³-hybridized carbons (Fsp3) is 0.480. The second-order valence-electron chi connectivity index (χ2n) is 8.01. The molecule has 3 heterocycles. The number of nitrogens with zero attached hydrogens (tertiary/aromatic N) is 3. The second-order valence-corrected chi connectivity index (χ2v) is 8.01. The fourth-order valence-corrected chi connectivity index (χ4v) is 4.41. The maximum Gasteiger partial charge on any atom is 0.340 e. The zero-order valence-corrected chi connectivity index (χ0v) is 19.6. The molecule has 7 heteroatoms. The molecule has 1 aliphatic rings. The maximum atomic E-state index is 12.6. The summed E-state index contributed by atoms with van der Waals surface area (Å²) in [5, 5.41) is 2.96. The van der Waals surface area contributed by atoms with Crippen LogP contribution in [0.15, 0.2) is 24.4 Å². The van der Waals surface area contributed by atoms with Gasteiger partial charge in [-0.15, -0.1) is 0 Å². The van der Waals surface area contributed by atoms with Gasteiger partial charge in [-0.3, -0.25) is 4.79 Å². The van der Waals surface area contributed by atoms with Gasteiger partial charge < -0.3 is 19.5 Å². The van der Waals surface area contributed by atoms with Gasteiger partial charge in [-0.2, -0.15) is 0 Å². The van der Waals surface area contributed by atoms with Crippen LogP contribution >= 0.6 is 0 Å². The summed E-state index contributed by atoms with van der Waals surface area (Å²) < 4.78 is 7.31. The molecule has 1 amide bonds. The summed E-state index contributed by atoms with van der Waals surface area (Å²) in [6.07, 6.45) is 8.60. The number of carbonyl (C=O) groups excluding carboxylic acids is 2. The minimum absolute atomic E-state index is 0.213. The molecule has 172 valence electrons. The number of anilines is 1. The Kier molecular flexibility index (Phi) is 8.09. The van der Waals surface area contributed by atoms with Crippen molar-refractivity contribution in [1.29, 1.82) is 0 Å². The van der Waals surface area contributed by atoms with Gasteiger partial charge in [-0.1, -0.05) is 6.07 Å². The minimum Gasteiger partial charge on any atom is -0.462 e. The molecule has 2 aromatic rings. The van der Waals surface area contributed by atoms with Gasteiger partial charge in [0.25, 0.3) is 0 Å². The molecule has 0 spiro atoms. The zero-order valence-electron chi connectivity index (χ0n) is 19.6. The topological polar surface area (TPSA) is 76.5 Å². The van der Waals surface area contributed by atoms with Crippen LogP contribution in [0.5, 0.6) is 0 Å². The Balaban J connectivity index is 1.74. The first-order valence-corrected chi connectivity index (χ1v) is 11.5. The molecule has 1 fully saturated rings. The van der Waals surface area contributed by atoms with E-state index >= 15 is 0 Å². The lowest BCUT2D eigenvalue weighted by atomic mass is 10.1. The molecule has 1 aliphatic heterocycles. The average molecular weight is 439 g/mol. The largest absolute Gasteiger partial charge is 0.462 e. The van der Waals surface area contributed by atoms with Gasteiger partial charge in [0.2, 0.25) is 5.91 Å². The monoisotopic (exact) mass is 438 g/mol. The van der Waals surface area contributed by atoms with Gasteiger partial charge in [-0.05, 0) is 59.1 Å². The molecule has 0 aromatic carbocycles. The third-order valence-electron chi connectivity index (χ3n) is 6.00. The van der Waals surface area contributed by atoms with Gasteiger partial charge in [0.1, 0.15) is 5.82 Å². The van der Waals surface area contributed by atoms with Crippen LogP contribution in [0.3, 0.4) is 0 Å². The molecule has 0 saturated carbocycles. The van der Waals surface area contributed by atoms with Crippen molar-refractivity contribution in [3.63, 3.8) is 0 Å². The van der Waals surface area contributed by atoms with E-state index in [1.807, 2.05) is 32.9 Å². The SMILES string of the molecule is CCOC(=O)c1c(/C=C/C(=O)NCc2cccnc2N2CCCCC2)c(C)n(CC)c1C. The number of carbonyl (C=O) groups is 2. The summed E-state index contributed by atoms with van der Waals surface area (Å²) in [5.74, 6) is 0.379. The van der Waals surface area contributed by atoms with E-state index < -0.39 is 0 Å². The van der Waals surface area contributed by atoms with Crippen molar-refractivity contribution in [2.24, 2.45) is 0 Å². The van der Waals surface area contributed by atoms with Crippen molar-refractivity contribution < 1.29 is 14.3 Å². The number of hydrogen-bond acceptors (Lipinski definition) is 5. The van der Waals surface area contributed by atoms with Crippen molar-refractivity contribution in [2.45, 2.75) is 60.0 Å². The highest BCUT2D eigenvalue weighted by Crippen LogP contribution is 2.25. The Morgan fingerprint density at radius 2 is 1.91 bits per heavy atom. The van der Waals surface area contributed by atoms with Crippen molar-refractivity contribution in [3.8, 4) is 0 Å². The van der Waals surface area contributed by atoms with Crippen LogP contribution in [0.4, 0.5) is 5.82 Å². The van der Waals surface area contributed by atoms with Crippen LogP contribution in [0.25, 0.3) is 6.08 Å².